The minimum absolute atomic E-state index is 0.0131. The Morgan fingerprint density at radius 2 is 1.84 bits per heavy atom. The van der Waals surface area contributed by atoms with Crippen molar-refractivity contribution in [2.75, 3.05) is 11.9 Å². The van der Waals surface area contributed by atoms with E-state index in [9.17, 15) is 14.4 Å². The second-order valence-electron chi connectivity index (χ2n) is 7.75. The Kier molecular flexibility index (Phi) is 7.12. The Labute approximate surface area is 181 Å². The molecule has 1 heterocycles. The number of ether oxygens (including phenoxy) is 2. The predicted octanol–water partition coefficient (Wildman–Crippen LogP) is 3.15. The predicted molar refractivity (Wildman–Crippen MR) is 116 cm³/mol. The van der Waals surface area contributed by atoms with Crippen molar-refractivity contribution >= 4 is 23.6 Å². The summed E-state index contributed by atoms with van der Waals surface area (Å²) in [6, 6.07) is 13.6. The van der Waals surface area contributed by atoms with Crippen molar-refractivity contribution in [3.8, 4) is 5.75 Å². The Morgan fingerprint density at radius 1 is 1.10 bits per heavy atom. The first kappa shape index (κ1) is 22.1. The molecular formula is C23H27N3O5. The lowest BCUT2D eigenvalue weighted by Crippen LogP contribution is -2.50. The van der Waals surface area contributed by atoms with Gasteiger partial charge in [0.2, 0.25) is 5.91 Å². The van der Waals surface area contributed by atoms with Gasteiger partial charge in [-0.2, -0.15) is 0 Å². The van der Waals surface area contributed by atoms with Gasteiger partial charge >= 0.3 is 6.09 Å². The minimum atomic E-state index is -0.758. The first-order valence-electron chi connectivity index (χ1n) is 10.2. The Morgan fingerprint density at radius 3 is 2.55 bits per heavy atom. The SMILES string of the molecule is CC(NC(=O)[C@@H](NC(=O)OCc1ccccc1)C(C)C)c1ccc2c(c1)NC(=O)CO2. The third kappa shape index (κ3) is 5.97. The van der Waals surface area contributed by atoms with E-state index < -0.39 is 12.1 Å². The second kappa shape index (κ2) is 9.97. The molecule has 1 aliphatic rings. The highest BCUT2D eigenvalue weighted by Gasteiger charge is 2.26. The molecular weight excluding hydrogens is 398 g/mol. The molecule has 0 bridgehead atoms. The van der Waals surface area contributed by atoms with Gasteiger partial charge < -0.3 is 25.4 Å². The van der Waals surface area contributed by atoms with Gasteiger partial charge in [0.25, 0.3) is 5.91 Å². The monoisotopic (exact) mass is 425 g/mol. The summed E-state index contributed by atoms with van der Waals surface area (Å²) in [7, 11) is 0. The normalized spacial score (nSPS) is 14.5. The van der Waals surface area contributed by atoms with Gasteiger partial charge in [0.05, 0.1) is 11.7 Å². The molecule has 0 saturated carbocycles. The zero-order valence-corrected chi connectivity index (χ0v) is 17.8. The molecule has 2 atom stereocenters. The van der Waals surface area contributed by atoms with Crippen LogP contribution in [-0.2, 0) is 20.9 Å². The molecule has 3 amide bonds. The van der Waals surface area contributed by atoms with Gasteiger partial charge in [0, 0.05) is 0 Å². The molecule has 2 aromatic carbocycles. The largest absolute Gasteiger partial charge is 0.482 e. The van der Waals surface area contributed by atoms with Gasteiger partial charge in [-0.25, -0.2) is 4.79 Å². The number of rotatable bonds is 7. The van der Waals surface area contributed by atoms with Crippen LogP contribution in [0, 0.1) is 5.92 Å². The zero-order valence-electron chi connectivity index (χ0n) is 17.8. The van der Waals surface area contributed by atoms with Crippen LogP contribution in [-0.4, -0.2) is 30.6 Å². The van der Waals surface area contributed by atoms with Crippen LogP contribution in [0.3, 0.4) is 0 Å². The van der Waals surface area contributed by atoms with Crippen LogP contribution in [0.5, 0.6) is 5.75 Å². The number of carbonyl (C=O) groups excluding carboxylic acids is 3. The summed E-state index contributed by atoms with van der Waals surface area (Å²) in [6.07, 6.45) is -0.654. The number of fused-ring (bicyclic) bond motifs is 1. The number of carbonyl (C=O) groups is 3. The lowest BCUT2D eigenvalue weighted by Gasteiger charge is -2.25. The third-order valence-electron chi connectivity index (χ3n) is 4.93. The van der Waals surface area contributed by atoms with E-state index in [0.29, 0.717) is 11.4 Å². The van der Waals surface area contributed by atoms with Crippen molar-refractivity contribution < 1.29 is 23.9 Å². The summed E-state index contributed by atoms with van der Waals surface area (Å²) in [5, 5.41) is 8.31. The average molecular weight is 425 g/mol. The van der Waals surface area contributed by atoms with Crippen molar-refractivity contribution in [3.63, 3.8) is 0 Å². The molecule has 1 unspecified atom stereocenters. The Hall–Kier alpha value is -3.55. The van der Waals surface area contributed by atoms with E-state index in [0.717, 1.165) is 11.1 Å². The molecule has 0 aliphatic carbocycles. The standard InChI is InChI=1S/C23H27N3O5/c1-14(2)21(26-23(29)31-12-16-7-5-4-6-8-16)22(28)24-15(3)17-9-10-19-18(11-17)25-20(27)13-30-19/h4-11,14-15,21H,12-13H2,1-3H3,(H,24,28)(H,25,27)(H,26,29)/t15?,21-/m0/s1. The fourth-order valence-corrected chi connectivity index (χ4v) is 3.18. The van der Waals surface area contributed by atoms with Gasteiger partial charge in [0.15, 0.2) is 6.61 Å². The molecule has 0 radical (unpaired) electrons. The number of benzene rings is 2. The summed E-state index contributed by atoms with van der Waals surface area (Å²) in [5.74, 6) is -0.103. The summed E-state index contributed by atoms with van der Waals surface area (Å²) in [4.78, 5) is 36.6. The highest BCUT2D eigenvalue weighted by atomic mass is 16.5. The third-order valence-corrected chi connectivity index (χ3v) is 4.93. The fourth-order valence-electron chi connectivity index (χ4n) is 3.18. The van der Waals surface area contributed by atoms with E-state index in [1.165, 1.54) is 0 Å². The number of hydrogen-bond acceptors (Lipinski definition) is 5. The Balaban J connectivity index is 1.59. The van der Waals surface area contributed by atoms with Crippen molar-refractivity contribution in [2.24, 2.45) is 5.92 Å². The van der Waals surface area contributed by atoms with Crippen LogP contribution < -0.4 is 20.7 Å². The molecule has 2 aromatic rings. The van der Waals surface area contributed by atoms with Crippen LogP contribution in [0.25, 0.3) is 0 Å². The second-order valence-corrected chi connectivity index (χ2v) is 7.75. The van der Waals surface area contributed by atoms with Gasteiger partial charge in [-0.1, -0.05) is 50.2 Å². The van der Waals surface area contributed by atoms with Crippen molar-refractivity contribution in [1.29, 1.82) is 0 Å². The first-order valence-corrected chi connectivity index (χ1v) is 10.2. The fraction of sp³-hybridized carbons (Fsp3) is 0.348. The maximum absolute atomic E-state index is 12.8. The van der Waals surface area contributed by atoms with E-state index in [1.807, 2.05) is 57.2 Å². The van der Waals surface area contributed by atoms with Crippen LogP contribution in [0.4, 0.5) is 10.5 Å². The van der Waals surface area contributed by atoms with E-state index in [4.69, 9.17) is 9.47 Å². The van der Waals surface area contributed by atoms with Crippen molar-refractivity contribution in [3.05, 3.63) is 59.7 Å². The van der Waals surface area contributed by atoms with E-state index in [-0.39, 0.29) is 37.0 Å². The van der Waals surface area contributed by atoms with Crippen LogP contribution in [0.1, 0.15) is 37.9 Å². The molecule has 0 saturated heterocycles. The smallest absolute Gasteiger partial charge is 0.408 e. The van der Waals surface area contributed by atoms with Gasteiger partial charge in [-0.15, -0.1) is 0 Å². The topological polar surface area (TPSA) is 106 Å². The van der Waals surface area contributed by atoms with Crippen LogP contribution in [0.15, 0.2) is 48.5 Å². The quantitative estimate of drug-likeness (QED) is 0.632. The summed E-state index contributed by atoms with van der Waals surface area (Å²) in [5.41, 5.74) is 2.23. The first-order chi connectivity index (χ1) is 14.8. The number of alkyl carbamates (subject to hydrolysis) is 1. The number of amides is 3. The molecule has 0 spiro atoms. The van der Waals surface area contributed by atoms with E-state index in [2.05, 4.69) is 16.0 Å². The molecule has 31 heavy (non-hydrogen) atoms. The molecule has 3 rings (SSSR count). The van der Waals surface area contributed by atoms with Crippen molar-refractivity contribution in [1.82, 2.24) is 10.6 Å². The van der Waals surface area contributed by atoms with Gasteiger partial charge in [0.1, 0.15) is 18.4 Å². The van der Waals surface area contributed by atoms with Gasteiger partial charge in [-0.3, -0.25) is 9.59 Å². The molecule has 8 heteroatoms. The summed E-state index contributed by atoms with van der Waals surface area (Å²) in [6.45, 7) is 5.63. The average Bonchev–Trinajstić information content (AvgIpc) is 2.75. The maximum Gasteiger partial charge on any atom is 0.408 e. The lowest BCUT2D eigenvalue weighted by molar-refractivity contribution is -0.124. The highest BCUT2D eigenvalue weighted by molar-refractivity contribution is 5.95. The molecule has 3 N–H and O–H groups in total. The molecule has 0 fully saturated rings. The number of anilines is 1. The maximum atomic E-state index is 12.8. The number of nitrogens with one attached hydrogen (secondary N) is 3. The highest BCUT2D eigenvalue weighted by Crippen LogP contribution is 2.30. The zero-order chi connectivity index (χ0) is 22.4. The minimum Gasteiger partial charge on any atom is -0.482 e. The summed E-state index contributed by atoms with van der Waals surface area (Å²) >= 11 is 0. The Bertz CT molecular complexity index is 945. The summed E-state index contributed by atoms with van der Waals surface area (Å²) < 4.78 is 10.6. The molecule has 0 aromatic heterocycles. The molecule has 8 nitrogen and oxygen atoms in total. The van der Waals surface area contributed by atoms with Crippen molar-refractivity contribution in [2.45, 2.75) is 39.5 Å². The molecule has 1 aliphatic heterocycles. The van der Waals surface area contributed by atoms with Crippen LogP contribution in [0.2, 0.25) is 0 Å². The van der Waals surface area contributed by atoms with Crippen LogP contribution >= 0.6 is 0 Å². The van der Waals surface area contributed by atoms with E-state index in [1.54, 1.807) is 12.1 Å². The number of hydrogen-bond donors (Lipinski definition) is 3. The van der Waals surface area contributed by atoms with E-state index >= 15 is 0 Å². The lowest BCUT2D eigenvalue weighted by atomic mass is 10.0. The molecule has 164 valence electrons. The van der Waals surface area contributed by atoms with Gasteiger partial charge in [-0.05, 0) is 36.1 Å².